The Hall–Kier alpha value is -2.57. The highest BCUT2D eigenvalue weighted by atomic mass is 35.5. The second-order valence-electron chi connectivity index (χ2n) is 8.34. The van der Waals surface area contributed by atoms with Gasteiger partial charge in [-0.1, -0.05) is 35.8 Å². The van der Waals surface area contributed by atoms with Crippen LogP contribution in [0.3, 0.4) is 0 Å². The minimum Gasteiger partial charge on any atom is -0.374 e. The second kappa shape index (κ2) is 8.75. The normalized spacial score (nSPS) is 20.7. The van der Waals surface area contributed by atoms with Crippen molar-refractivity contribution in [2.75, 3.05) is 32.0 Å². The number of rotatable bonds is 4. The van der Waals surface area contributed by atoms with E-state index in [0.29, 0.717) is 30.8 Å². The van der Waals surface area contributed by atoms with Crippen molar-refractivity contribution in [3.05, 3.63) is 75.5 Å². The van der Waals surface area contributed by atoms with Crippen molar-refractivity contribution in [3.8, 4) is 0 Å². The largest absolute Gasteiger partial charge is 0.374 e. The first-order valence-corrected chi connectivity index (χ1v) is 11.2. The molecule has 1 unspecified atom stereocenters. The van der Waals surface area contributed by atoms with Crippen LogP contribution < -0.4 is 5.32 Å². The summed E-state index contributed by atoms with van der Waals surface area (Å²) in [5.41, 5.74) is 1.46. The highest BCUT2D eigenvalue weighted by Crippen LogP contribution is 2.43. The fourth-order valence-electron chi connectivity index (χ4n) is 4.62. The van der Waals surface area contributed by atoms with Crippen LogP contribution >= 0.6 is 23.2 Å². The molecule has 168 valence electrons. The molecule has 0 aliphatic carbocycles. The number of carbonyl (C=O) groups excluding carboxylic acids is 2. The van der Waals surface area contributed by atoms with Gasteiger partial charge in [-0.25, -0.2) is 4.39 Å². The highest BCUT2D eigenvalue weighted by molar-refractivity contribution is 6.42. The van der Waals surface area contributed by atoms with Crippen LogP contribution in [0.15, 0.2) is 43.0 Å². The number of anilines is 1. The van der Waals surface area contributed by atoms with Gasteiger partial charge in [0, 0.05) is 43.5 Å². The molecule has 2 amide bonds. The van der Waals surface area contributed by atoms with Gasteiger partial charge in [-0.2, -0.15) is 0 Å². The highest BCUT2D eigenvalue weighted by Gasteiger charge is 2.44. The number of nitrogens with zero attached hydrogens (tertiary/aromatic N) is 2. The third kappa shape index (κ3) is 3.97. The Morgan fingerprint density at radius 3 is 2.78 bits per heavy atom. The lowest BCUT2D eigenvalue weighted by Crippen LogP contribution is -2.41. The number of hydrogen-bond acceptors (Lipinski definition) is 3. The summed E-state index contributed by atoms with van der Waals surface area (Å²) in [5.74, 6) is -0.798. The third-order valence-corrected chi connectivity index (χ3v) is 7.09. The molecule has 2 aromatic rings. The molecule has 0 spiro atoms. The zero-order valence-corrected chi connectivity index (χ0v) is 19.3. The Labute approximate surface area is 196 Å². The summed E-state index contributed by atoms with van der Waals surface area (Å²) in [6.07, 6.45) is 3.36. The first kappa shape index (κ1) is 22.6. The first-order chi connectivity index (χ1) is 15.3. The first-order valence-electron chi connectivity index (χ1n) is 10.5. The van der Waals surface area contributed by atoms with Crippen molar-refractivity contribution in [1.29, 1.82) is 0 Å². The van der Waals surface area contributed by atoms with Gasteiger partial charge < -0.3 is 15.1 Å². The number of nitrogens with one attached hydrogen (secondary N) is 1. The smallest absolute Gasteiger partial charge is 0.253 e. The number of halogens is 3. The topological polar surface area (TPSA) is 52.7 Å². The summed E-state index contributed by atoms with van der Waals surface area (Å²) in [6.45, 7) is 4.83. The number of amides is 2. The molecule has 2 heterocycles. The van der Waals surface area contributed by atoms with E-state index in [4.69, 9.17) is 23.2 Å². The quantitative estimate of drug-likeness (QED) is 0.506. The van der Waals surface area contributed by atoms with E-state index in [2.05, 4.69) is 11.9 Å². The van der Waals surface area contributed by atoms with Crippen LogP contribution in [0.1, 0.15) is 34.3 Å². The maximum atomic E-state index is 15.1. The van der Waals surface area contributed by atoms with Gasteiger partial charge in [0.25, 0.3) is 5.91 Å². The molecule has 0 saturated carbocycles. The molecule has 1 N–H and O–H groups in total. The zero-order valence-electron chi connectivity index (χ0n) is 17.8. The molecular weight excluding hydrogens is 452 g/mol. The lowest BCUT2D eigenvalue weighted by molar-refractivity contribution is -0.125. The molecule has 0 aromatic heterocycles. The van der Waals surface area contributed by atoms with Gasteiger partial charge in [0.1, 0.15) is 5.82 Å². The van der Waals surface area contributed by atoms with Crippen molar-refractivity contribution < 1.29 is 14.0 Å². The van der Waals surface area contributed by atoms with Crippen LogP contribution in [0.4, 0.5) is 10.1 Å². The van der Waals surface area contributed by atoms with Crippen LogP contribution in [0, 0.1) is 5.82 Å². The summed E-state index contributed by atoms with van der Waals surface area (Å²) in [7, 11) is 1.79. The monoisotopic (exact) mass is 475 g/mol. The van der Waals surface area contributed by atoms with Crippen molar-refractivity contribution in [2.24, 2.45) is 0 Å². The van der Waals surface area contributed by atoms with Gasteiger partial charge >= 0.3 is 0 Å². The van der Waals surface area contributed by atoms with E-state index in [-0.39, 0.29) is 34.0 Å². The van der Waals surface area contributed by atoms with Crippen molar-refractivity contribution in [3.63, 3.8) is 0 Å². The number of carbonyl (C=O) groups is 2. The summed E-state index contributed by atoms with van der Waals surface area (Å²) >= 11 is 12.7. The predicted octanol–water partition coefficient (Wildman–Crippen LogP) is 4.88. The standard InChI is InChI=1S/C24H24Cl2FN3O2/c1-3-20(31)30-12-10-24(14-30,21-19(27)9-8-18(25)22(21)26)28-16-7-6-15-5-4-11-29(2)23(32)17(15)13-16/h3,6-9,13,28H,1,4-5,10-12,14H2,2H3. The molecule has 2 aromatic carbocycles. The van der Waals surface area contributed by atoms with E-state index in [1.54, 1.807) is 22.9 Å². The number of benzene rings is 2. The maximum Gasteiger partial charge on any atom is 0.253 e. The van der Waals surface area contributed by atoms with Gasteiger partial charge in [-0.3, -0.25) is 9.59 Å². The van der Waals surface area contributed by atoms with E-state index >= 15 is 4.39 Å². The van der Waals surface area contributed by atoms with E-state index in [1.807, 2.05) is 12.1 Å². The molecule has 2 aliphatic rings. The molecule has 2 aliphatic heterocycles. The fourth-order valence-corrected chi connectivity index (χ4v) is 5.11. The molecule has 0 radical (unpaired) electrons. The van der Waals surface area contributed by atoms with Crippen LogP contribution in [-0.4, -0.2) is 48.3 Å². The Balaban J connectivity index is 1.79. The Morgan fingerprint density at radius 1 is 1.25 bits per heavy atom. The van der Waals surface area contributed by atoms with Crippen molar-refractivity contribution in [2.45, 2.75) is 24.8 Å². The lowest BCUT2D eigenvalue weighted by Gasteiger charge is -2.34. The van der Waals surface area contributed by atoms with Gasteiger partial charge in [-0.05, 0) is 55.2 Å². The van der Waals surface area contributed by atoms with Gasteiger partial charge in [0.05, 0.1) is 15.6 Å². The molecule has 4 rings (SSSR count). The summed E-state index contributed by atoms with van der Waals surface area (Å²) in [6, 6.07) is 8.30. The lowest BCUT2D eigenvalue weighted by atomic mass is 9.87. The van der Waals surface area contributed by atoms with Gasteiger partial charge in [0.2, 0.25) is 5.91 Å². The second-order valence-corrected chi connectivity index (χ2v) is 9.13. The zero-order chi connectivity index (χ0) is 23.0. The van der Waals surface area contributed by atoms with Crippen LogP contribution in [0.2, 0.25) is 10.0 Å². The Morgan fingerprint density at radius 2 is 2.03 bits per heavy atom. The molecule has 8 heteroatoms. The van der Waals surface area contributed by atoms with Crippen molar-refractivity contribution in [1.82, 2.24) is 9.80 Å². The van der Waals surface area contributed by atoms with E-state index < -0.39 is 11.4 Å². The fraction of sp³-hybridized carbons (Fsp3) is 0.333. The maximum absolute atomic E-state index is 15.1. The van der Waals surface area contributed by atoms with Crippen LogP contribution in [0.5, 0.6) is 0 Å². The SMILES string of the molecule is C=CC(=O)N1CCC(Nc2ccc3c(c2)C(=O)N(C)CCC3)(c2c(F)ccc(Cl)c2Cl)C1. The van der Waals surface area contributed by atoms with Crippen molar-refractivity contribution >= 4 is 40.7 Å². The molecule has 1 fully saturated rings. The number of likely N-dealkylation sites (tertiary alicyclic amines) is 1. The molecule has 0 bridgehead atoms. The third-order valence-electron chi connectivity index (χ3n) is 6.29. The molecule has 32 heavy (non-hydrogen) atoms. The Kier molecular flexibility index (Phi) is 6.19. The van der Waals surface area contributed by atoms with E-state index in [9.17, 15) is 9.59 Å². The van der Waals surface area contributed by atoms with Crippen LogP contribution in [0.25, 0.3) is 0 Å². The van der Waals surface area contributed by atoms with Crippen LogP contribution in [-0.2, 0) is 16.8 Å². The summed E-state index contributed by atoms with van der Waals surface area (Å²) in [4.78, 5) is 28.5. The van der Waals surface area contributed by atoms with E-state index in [0.717, 1.165) is 18.4 Å². The molecule has 5 nitrogen and oxygen atoms in total. The Bertz CT molecular complexity index is 1110. The minimum absolute atomic E-state index is 0.0444. The summed E-state index contributed by atoms with van der Waals surface area (Å²) in [5, 5.41) is 3.75. The molecular formula is C24H24Cl2FN3O2. The van der Waals surface area contributed by atoms with Gasteiger partial charge in [-0.15, -0.1) is 0 Å². The summed E-state index contributed by atoms with van der Waals surface area (Å²) < 4.78 is 15.1. The van der Waals surface area contributed by atoms with E-state index in [1.165, 1.54) is 18.2 Å². The number of hydrogen-bond donors (Lipinski definition) is 1. The minimum atomic E-state index is -1.02. The average Bonchev–Trinajstić information content (AvgIpc) is 3.14. The number of fused-ring (bicyclic) bond motifs is 1. The number of aryl methyl sites for hydroxylation is 1. The predicted molar refractivity (Wildman–Crippen MR) is 125 cm³/mol. The van der Waals surface area contributed by atoms with Gasteiger partial charge in [0.15, 0.2) is 0 Å². The molecule has 1 atom stereocenters. The average molecular weight is 476 g/mol. The molecule has 1 saturated heterocycles.